The van der Waals surface area contributed by atoms with Crippen molar-refractivity contribution in [2.75, 3.05) is 24.2 Å². The molecule has 1 atom stereocenters. The molecule has 0 amide bonds. The monoisotopic (exact) mass is 467 g/mol. The normalized spacial score (nSPS) is 10.8. The van der Waals surface area contributed by atoms with Crippen LogP contribution in [0.25, 0.3) is 0 Å². The van der Waals surface area contributed by atoms with Gasteiger partial charge in [-0.2, -0.15) is 0 Å². The number of likely N-dealkylation sites (N-methyl/N-ethyl adjacent to an activating group) is 1. The molecule has 0 aliphatic heterocycles. The van der Waals surface area contributed by atoms with Gasteiger partial charge in [-0.15, -0.1) is 0 Å². The first kappa shape index (κ1) is 25.1. The third-order valence-electron chi connectivity index (χ3n) is 5.26. The van der Waals surface area contributed by atoms with E-state index in [2.05, 4.69) is 58.0 Å². The minimum absolute atomic E-state index is 0.0349. The molecule has 1 unspecified atom stereocenters. The fraction of sp³-hybridized carbons (Fsp3) is 0.138. The van der Waals surface area contributed by atoms with E-state index < -0.39 is 0 Å². The predicted octanol–water partition coefficient (Wildman–Crippen LogP) is 5.11. The lowest BCUT2D eigenvalue weighted by Crippen LogP contribution is -2.30. The van der Waals surface area contributed by atoms with Crippen molar-refractivity contribution in [3.63, 3.8) is 0 Å². The molecule has 0 fully saturated rings. The largest absolute Gasteiger partial charge is 0.390 e. The van der Waals surface area contributed by atoms with Crippen molar-refractivity contribution < 1.29 is 4.39 Å². The summed E-state index contributed by atoms with van der Waals surface area (Å²) >= 11 is 0. The van der Waals surface area contributed by atoms with Crippen molar-refractivity contribution >= 4 is 18.1 Å². The maximum Gasteiger partial charge on any atom is 0.128 e. The van der Waals surface area contributed by atoms with Crippen LogP contribution >= 0.6 is 0 Å². The molecule has 35 heavy (non-hydrogen) atoms. The number of benzene rings is 3. The van der Waals surface area contributed by atoms with Gasteiger partial charge in [0.1, 0.15) is 5.82 Å². The molecule has 4 N–H and O–H groups in total. The zero-order valence-corrected chi connectivity index (χ0v) is 19.9. The van der Waals surface area contributed by atoms with Crippen LogP contribution < -0.4 is 21.3 Å². The average molecular weight is 468 g/mol. The first-order chi connectivity index (χ1) is 17.0. The van der Waals surface area contributed by atoms with Gasteiger partial charge in [0.25, 0.3) is 0 Å². The summed E-state index contributed by atoms with van der Waals surface area (Å²) in [6, 6.07) is 22.3. The van der Waals surface area contributed by atoms with Gasteiger partial charge in [-0.3, -0.25) is 4.99 Å². The Morgan fingerprint density at radius 1 is 0.914 bits per heavy atom. The van der Waals surface area contributed by atoms with E-state index in [9.17, 15) is 4.39 Å². The van der Waals surface area contributed by atoms with Crippen LogP contribution in [-0.2, 0) is 6.54 Å². The third-order valence-corrected chi connectivity index (χ3v) is 5.26. The highest BCUT2D eigenvalue weighted by Gasteiger charge is 2.10. The predicted molar refractivity (Wildman–Crippen MR) is 145 cm³/mol. The maximum absolute atomic E-state index is 13.7. The Bertz CT molecular complexity index is 1220. The lowest BCUT2D eigenvalue weighted by atomic mass is 10.1. The molecule has 0 aromatic heterocycles. The van der Waals surface area contributed by atoms with E-state index in [1.807, 2.05) is 55.6 Å². The SMILES string of the molecule is C=NCC(Nc1ccc(C#Cc2ccc(NC(=C)NCc3ccccc3F)cc2)cc1)C(=C)NC. The molecule has 0 bridgehead atoms. The summed E-state index contributed by atoms with van der Waals surface area (Å²) in [6.07, 6.45) is 0. The Hall–Kier alpha value is -4.50. The number of anilines is 2. The summed E-state index contributed by atoms with van der Waals surface area (Å²) in [5, 5.41) is 12.7. The van der Waals surface area contributed by atoms with Crippen LogP contribution in [-0.4, -0.2) is 26.4 Å². The topological polar surface area (TPSA) is 60.5 Å². The van der Waals surface area contributed by atoms with Crippen LogP contribution in [0.5, 0.6) is 0 Å². The quantitative estimate of drug-likeness (QED) is 0.234. The lowest BCUT2D eigenvalue weighted by Gasteiger charge is -2.20. The van der Waals surface area contributed by atoms with Crippen LogP contribution in [0.2, 0.25) is 0 Å². The first-order valence-electron chi connectivity index (χ1n) is 11.2. The second-order valence-electron chi connectivity index (χ2n) is 7.83. The molecule has 3 aromatic rings. The van der Waals surface area contributed by atoms with Gasteiger partial charge in [0.2, 0.25) is 0 Å². The molecule has 0 saturated carbocycles. The van der Waals surface area contributed by atoms with Gasteiger partial charge >= 0.3 is 0 Å². The number of hydrogen-bond donors (Lipinski definition) is 4. The highest BCUT2D eigenvalue weighted by atomic mass is 19.1. The number of halogens is 1. The molecule has 6 heteroatoms. The van der Waals surface area contributed by atoms with E-state index in [0.717, 1.165) is 28.2 Å². The van der Waals surface area contributed by atoms with E-state index in [1.165, 1.54) is 6.07 Å². The Morgan fingerprint density at radius 2 is 1.51 bits per heavy atom. The van der Waals surface area contributed by atoms with Gasteiger partial charge in [-0.25, -0.2) is 4.39 Å². The van der Waals surface area contributed by atoms with E-state index in [-0.39, 0.29) is 11.9 Å². The Labute approximate surface area is 206 Å². The van der Waals surface area contributed by atoms with E-state index in [1.54, 1.807) is 18.2 Å². The van der Waals surface area contributed by atoms with E-state index in [4.69, 9.17) is 0 Å². The molecule has 0 aliphatic carbocycles. The number of nitrogens with one attached hydrogen (secondary N) is 4. The minimum atomic E-state index is -0.240. The molecule has 0 saturated heterocycles. The van der Waals surface area contributed by atoms with Crippen molar-refractivity contribution in [1.29, 1.82) is 0 Å². The molecule has 3 aromatic carbocycles. The lowest BCUT2D eigenvalue weighted by molar-refractivity contribution is 0.602. The molecule has 0 radical (unpaired) electrons. The summed E-state index contributed by atoms with van der Waals surface area (Å²) in [4.78, 5) is 3.97. The zero-order valence-electron chi connectivity index (χ0n) is 19.9. The van der Waals surface area contributed by atoms with Crippen molar-refractivity contribution in [3.05, 3.63) is 120 Å². The summed E-state index contributed by atoms with van der Waals surface area (Å²) in [7, 11) is 1.84. The molecule has 3 rings (SSSR count). The summed E-state index contributed by atoms with van der Waals surface area (Å²) in [5.74, 6) is 6.71. The third kappa shape index (κ3) is 7.79. The molecular weight excluding hydrogens is 437 g/mol. The van der Waals surface area contributed by atoms with Crippen molar-refractivity contribution in [2.24, 2.45) is 4.99 Å². The summed E-state index contributed by atoms with van der Waals surface area (Å²) in [6.45, 7) is 12.4. The van der Waals surface area contributed by atoms with Crippen LogP contribution in [0.3, 0.4) is 0 Å². The van der Waals surface area contributed by atoms with Gasteiger partial charge < -0.3 is 21.3 Å². The van der Waals surface area contributed by atoms with Crippen molar-refractivity contribution in [2.45, 2.75) is 12.6 Å². The first-order valence-corrected chi connectivity index (χ1v) is 11.2. The van der Waals surface area contributed by atoms with Gasteiger partial charge in [0.15, 0.2) is 0 Å². The van der Waals surface area contributed by atoms with Crippen molar-refractivity contribution in [1.82, 2.24) is 10.6 Å². The highest BCUT2D eigenvalue weighted by molar-refractivity contribution is 5.54. The van der Waals surface area contributed by atoms with Crippen LogP contribution in [0.4, 0.5) is 15.8 Å². The highest BCUT2D eigenvalue weighted by Crippen LogP contribution is 2.14. The van der Waals surface area contributed by atoms with Crippen LogP contribution in [0.15, 0.2) is 102 Å². The van der Waals surface area contributed by atoms with Crippen LogP contribution in [0, 0.1) is 17.7 Å². The number of rotatable bonds is 11. The van der Waals surface area contributed by atoms with Crippen LogP contribution in [0.1, 0.15) is 16.7 Å². The fourth-order valence-corrected chi connectivity index (χ4v) is 3.24. The molecule has 178 valence electrons. The fourth-order valence-electron chi connectivity index (χ4n) is 3.24. The van der Waals surface area contributed by atoms with Gasteiger partial charge in [-0.1, -0.05) is 43.2 Å². The van der Waals surface area contributed by atoms with Gasteiger partial charge in [0, 0.05) is 47.4 Å². The minimum Gasteiger partial charge on any atom is -0.390 e. The summed E-state index contributed by atoms with van der Waals surface area (Å²) < 4.78 is 13.7. The average Bonchev–Trinajstić information content (AvgIpc) is 2.88. The molecular formula is C29H30FN5. The number of aliphatic imine (C=N–C) groups is 1. The molecule has 5 nitrogen and oxygen atoms in total. The second kappa shape index (κ2) is 12.7. The van der Waals surface area contributed by atoms with E-state index in [0.29, 0.717) is 24.5 Å². The van der Waals surface area contributed by atoms with Crippen molar-refractivity contribution in [3.8, 4) is 11.8 Å². The van der Waals surface area contributed by atoms with E-state index >= 15 is 0 Å². The number of nitrogens with zero attached hydrogens (tertiary/aromatic N) is 1. The number of hydrogen-bond acceptors (Lipinski definition) is 5. The Balaban J connectivity index is 1.53. The molecule has 0 aliphatic rings. The van der Waals surface area contributed by atoms with Gasteiger partial charge in [-0.05, 0) is 61.3 Å². The second-order valence-corrected chi connectivity index (χ2v) is 7.83. The smallest absolute Gasteiger partial charge is 0.128 e. The molecule has 0 spiro atoms. The zero-order chi connectivity index (χ0) is 25.0. The molecule has 0 heterocycles. The standard InChI is InChI=1S/C29H30FN5/c1-21(32-4)29(20-31-3)35-27-17-13-24(14-18-27)10-9-23-11-15-26(16-12-23)34-22(2)33-19-25-7-5-6-8-28(25)30/h5-8,11-18,29,32-35H,1-3,19-20H2,4H3. The maximum atomic E-state index is 13.7. The Kier molecular flexibility index (Phi) is 9.09. The Morgan fingerprint density at radius 3 is 2.09 bits per heavy atom. The summed E-state index contributed by atoms with van der Waals surface area (Å²) in [5.41, 5.74) is 5.06. The van der Waals surface area contributed by atoms with Gasteiger partial charge in [0.05, 0.1) is 18.4 Å².